The van der Waals surface area contributed by atoms with Crippen LogP contribution in [0.2, 0.25) is 0 Å². The van der Waals surface area contributed by atoms with Gasteiger partial charge in [0.15, 0.2) is 0 Å². The van der Waals surface area contributed by atoms with E-state index in [9.17, 15) is 9.59 Å². The number of benzene rings is 1. The summed E-state index contributed by atoms with van der Waals surface area (Å²) >= 11 is 0. The lowest BCUT2D eigenvalue weighted by Crippen LogP contribution is -2.44. The minimum atomic E-state index is -0.493. The molecule has 0 N–H and O–H groups in total. The fraction of sp³-hybridized carbons (Fsp3) is 0.556. The zero-order chi connectivity index (χ0) is 16.1. The Bertz CT molecular complexity index is 512. The average molecular weight is 303 g/mol. The fourth-order valence-electron chi connectivity index (χ4n) is 3.00. The first-order valence-electron chi connectivity index (χ1n) is 8.08. The van der Waals surface area contributed by atoms with Gasteiger partial charge < -0.3 is 4.74 Å². The zero-order valence-electron chi connectivity index (χ0n) is 13.6. The number of ether oxygens (including phenoxy) is 1. The van der Waals surface area contributed by atoms with Gasteiger partial charge in [-0.3, -0.25) is 4.79 Å². The quantitative estimate of drug-likeness (QED) is 0.806. The van der Waals surface area contributed by atoms with Gasteiger partial charge in [0.1, 0.15) is 6.61 Å². The van der Waals surface area contributed by atoms with Crippen molar-refractivity contribution in [2.45, 2.75) is 46.1 Å². The van der Waals surface area contributed by atoms with Gasteiger partial charge in [-0.25, -0.2) is 9.69 Å². The van der Waals surface area contributed by atoms with Gasteiger partial charge >= 0.3 is 6.09 Å². The summed E-state index contributed by atoms with van der Waals surface area (Å²) in [7, 11) is 0. The molecule has 2 amide bonds. The molecular weight excluding hydrogens is 278 g/mol. The van der Waals surface area contributed by atoms with Crippen molar-refractivity contribution in [1.82, 2.24) is 4.90 Å². The number of imide groups is 1. The Kier molecular flexibility index (Phi) is 5.58. The number of hydrogen-bond donors (Lipinski definition) is 0. The molecule has 0 aromatic heterocycles. The monoisotopic (exact) mass is 303 g/mol. The third-order valence-corrected chi connectivity index (χ3v) is 4.23. The Hall–Kier alpha value is -1.84. The molecular formula is C18H25NO3. The van der Waals surface area contributed by atoms with Gasteiger partial charge in [-0.15, -0.1) is 0 Å². The van der Waals surface area contributed by atoms with Crippen molar-refractivity contribution >= 4 is 12.0 Å². The second-order valence-electron chi connectivity index (χ2n) is 6.27. The summed E-state index contributed by atoms with van der Waals surface area (Å²) in [6, 6.07) is 9.72. The molecule has 4 nitrogen and oxygen atoms in total. The smallest absolute Gasteiger partial charge is 0.416 e. The standard InChI is InChI=1S/C18H25NO3/c1-4-8-16(13(2)3)17(20)19-15(12-22-18(19)21)11-14-9-6-5-7-10-14/h5-7,9-10,13,15-16H,4,8,11-12H2,1-3H3/t15-,16-/m0/s1. The van der Waals surface area contributed by atoms with Crippen LogP contribution in [0.15, 0.2) is 30.3 Å². The van der Waals surface area contributed by atoms with E-state index in [0.717, 1.165) is 18.4 Å². The number of cyclic esters (lactones) is 1. The summed E-state index contributed by atoms with van der Waals surface area (Å²) in [5, 5.41) is 0. The largest absolute Gasteiger partial charge is 0.447 e. The van der Waals surface area contributed by atoms with Crippen LogP contribution in [0, 0.1) is 11.8 Å². The summed E-state index contributed by atoms with van der Waals surface area (Å²) in [6.45, 7) is 6.42. The Morgan fingerprint density at radius 1 is 1.32 bits per heavy atom. The minimum absolute atomic E-state index is 0.0831. The van der Waals surface area contributed by atoms with Crippen molar-refractivity contribution in [1.29, 1.82) is 0 Å². The van der Waals surface area contributed by atoms with Gasteiger partial charge in [-0.05, 0) is 24.3 Å². The van der Waals surface area contributed by atoms with Gasteiger partial charge in [0, 0.05) is 5.92 Å². The van der Waals surface area contributed by atoms with E-state index in [4.69, 9.17) is 4.74 Å². The van der Waals surface area contributed by atoms with Crippen molar-refractivity contribution in [3.63, 3.8) is 0 Å². The maximum absolute atomic E-state index is 12.8. The van der Waals surface area contributed by atoms with E-state index in [1.807, 2.05) is 44.2 Å². The second kappa shape index (κ2) is 7.43. The van der Waals surface area contributed by atoms with Crippen molar-refractivity contribution < 1.29 is 14.3 Å². The lowest BCUT2D eigenvalue weighted by Gasteiger charge is -2.27. The maximum atomic E-state index is 12.8. The van der Waals surface area contributed by atoms with Gasteiger partial charge in [0.05, 0.1) is 6.04 Å². The highest BCUT2D eigenvalue weighted by Crippen LogP contribution is 2.25. The summed E-state index contributed by atoms with van der Waals surface area (Å²) in [4.78, 5) is 26.2. The molecule has 1 aromatic carbocycles. The van der Waals surface area contributed by atoms with Crippen molar-refractivity contribution in [2.75, 3.05) is 6.61 Å². The first-order valence-corrected chi connectivity index (χ1v) is 8.08. The highest BCUT2D eigenvalue weighted by atomic mass is 16.6. The van der Waals surface area contributed by atoms with Crippen LogP contribution >= 0.6 is 0 Å². The Labute approximate surface area is 132 Å². The third-order valence-electron chi connectivity index (χ3n) is 4.23. The molecule has 1 heterocycles. The van der Waals surface area contributed by atoms with Crippen LogP contribution in [-0.2, 0) is 16.0 Å². The van der Waals surface area contributed by atoms with Crippen molar-refractivity contribution in [3.8, 4) is 0 Å². The molecule has 0 unspecified atom stereocenters. The van der Waals surface area contributed by atoms with Crippen LogP contribution in [-0.4, -0.2) is 29.5 Å². The minimum Gasteiger partial charge on any atom is -0.447 e. The molecule has 0 aliphatic carbocycles. The first-order chi connectivity index (χ1) is 10.5. The molecule has 1 aliphatic heterocycles. The highest BCUT2D eigenvalue weighted by Gasteiger charge is 2.41. The molecule has 22 heavy (non-hydrogen) atoms. The average Bonchev–Trinajstić information content (AvgIpc) is 2.85. The molecule has 1 aliphatic rings. The van der Waals surface area contributed by atoms with E-state index in [0.29, 0.717) is 6.42 Å². The fourth-order valence-corrected chi connectivity index (χ4v) is 3.00. The molecule has 0 bridgehead atoms. The summed E-state index contributed by atoms with van der Waals surface area (Å²) in [5.41, 5.74) is 1.11. The molecule has 2 rings (SSSR count). The molecule has 4 heteroatoms. The van der Waals surface area contributed by atoms with Crippen LogP contribution in [0.3, 0.4) is 0 Å². The lowest BCUT2D eigenvalue weighted by atomic mass is 9.89. The van der Waals surface area contributed by atoms with E-state index in [1.54, 1.807) is 0 Å². The molecule has 0 spiro atoms. The molecule has 2 atom stereocenters. The summed E-state index contributed by atoms with van der Waals surface area (Å²) in [5.74, 6) is 0.0208. The van der Waals surface area contributed by atoms with Gasteiger partial charge in [-0.2, -0.15) is 0 Å². The number of amides is 2. The van der Waals surface area contributed by atoms with E-state index in [1.165, 1.54) is 4.90 Å². The Morgan fingerprint density at radius 2 is 2.00 bits per heavy atom. The molecule has 120 valence electrons. The molecule has 0 saturated carbocycles. The number of nitrogens with zero attached hydrogens (tertiary/aromatic N) is 1. The van der Waals surface area contributed by atoms with Crippen LogP contribution in [0.25, 0.3) is 0 Å². The number of carbonyl (C=O) groups is 2. The molecule has 1 aromatic rings. The van der Waals surface area contributed by atoms with E-state index in [-0.39, 0.29) is 30.4 Å². The highest BCUT2D eigenvalue weighted by molar-refractivity contribution is 5.94. The number of hydrogen-bond acceptors (Lipinski definition) is 3. The number of rotatable bonds is 6. The van der Waals surface area contributed by atoms with E-state index >= 15 is 0 Å². The molecule has 0 radical (unpaired) electrons. The lowest BCUT2D eigenvalue weighted by molar-refractivity contribution is -0.135. The van der Waals surface area contributed by atoms with Crippen molar-refractivity contribution in [3.05, 3.63) is 35.9 Å². The van der Waals surface area contributed by atoms with Gasteiger partial charge in [-0.1, -0.05) is 57.5 Å². The second-order valence-corrected chi connectivity index (χ2v) is 6.27. The Balaban J connectivity index is 2.14. The number of carbonyl (C=O) groups excluding carboxylic acids is 2. The molecule has 1 fully saturated rings. The van der Waals surface area contributed by atoms with E-state index < -0.39 is 6.09 Å². The summed E-state index contributed by atoms with van der Waals surface area (Å²) < 4.78 is 5.15. The molecule has 1 saturated heterocycles. The van der Waals surface area contributed by atoms with Gasteiger partial charge in [0.2, 0.25) is 5.91 Å². The van der Waals surface area contributed by atoms with E-state index in [2.05, 4.69) is 6.92 Å². The predicted molar refractivity (Wildman–Crippen MR) is 85.4 cm³/mol. The van der Waals surface area contributed by atoms with Crippen LogP contribution < -0.4 is 0 Å². The van der Waals surface area contributed by atoms with Crippen LogP contribution in [0.4, 0.5) is 4.79 Å². The predicted octanol–water partition coefficient (Wildman–Crippen LogP) is 3.65. The Morgan fingerprint density at radius 3 is 2.59 bits per heavy atom. The maximum Gasteiger partial charge on any atom is 0.416 e. The zero-order valence-corrected chi connectivity index (χ0v) is 13.6. The first kappa shape index (κ1) is 16.5. The van der Waals surface area contributed by atoms with Gasteiger partial charge in [0.25, 0.3) is 0 Å². The van der Waals surface area contributed by atoms with Crippen LogP contribution in [0.5, 0.6) is 0 Å². The SMILES string of the molecule is CCC[C@H](C(=O)N1C(=O)OC[C@@H]1Cc1ccccc1)C(C)C. The topological polar surface area (TPSA) is 46.6 Å². The summed E-state index contributed by atoms with van der Waals surface area (Å²) in [6.07, 6.45) is 1.89. The van der Waals surface area contributed by atoms with Crippen molar-refractivity contribution in [2.24, 2.45) is 11.8 Å². The third kappa shape index (κ3) is 3.67. The van der Waals surface area contributed by atoms with Crippen LogP contribution in [0.1, 0.15) is 39.2 Å². The normalized spacial score (nSPS) is 19.4.